The number of carbonyl (C=O) groups excluding carboxylic acids is 1. The molecule has 0 radical (unpaired) electrons. The van der Waals surface area contributed by atoms with Crippen molar-refractivity contribution in [3.05, 3.63) is 0 Å². The van der Waals surface area contributed by atoms with Crippen LogP contribution in [0.3, 0.4) is 0 Å². The van der Waals surface area contributed by atoms with E-state index in [9.17, 15) is 9.59 Å². The van der Waals surface area contributed by atoms with Crippen molar-refractivity contribution in [2.75, 3.05) is 6.54 Å². The summed E-state index contributed by atoms with van der Waals surface area (Å²) in [7, 11) is 0. The lowest BCUT2D eigenvalue weighted by Crippen LogP contribution is -2.39. The van der Waals surface area contributed by atoms with Crippen molar-refractivity contribution in [2.24, 2.45) is 5.92 Å². The molecule has 0 aromatic heterocycles. The number of carbonyl (C=O) groups is 2. The van der Waals surface area contributed by atoms with Gasteiger partial charge in [-0.15, -0.1) is 0 Å². The normalized spacial score (nSPS) is 14.2. The van der Waals surface area contributed by atoms with Crippen LogP contribution in [0.1, 0.15) is 39.5 Å². The predicted molar refractivity (Wildman–Crippen MR) is 60.0 cm³/mol. The molecule has 5 nitrogen and oxygen atoms in total. The highest BCUT2D eigenvalue weighted by atomic mass is 16.4. The molecule has 0 heterocycles. The highest BCUT2D eigenvalue weighted by Gasteiger charge is 2.18. The fourth-order valence-electron chi connectivity index (χ4n) is 1.40. The topological polar surface area (TPSA) is 86.6 Å². The number of hydrogen-bond donors (Lipinski definition) is 3. The van der Waals surface area contributed by atoms with Crippen molar-refractivity contribution < 1.29 is 19.8 Å². The smallest absolute Gasteiger partial charge is 0.334 e. The van der Waals surface area contributed by atoms with Crippen molar-refractivity contribution >= 4 is 11.9 Å². The van der Waals surface area contributed by atoms with Gasteiger partial charge in [-0.25, -0.2) is 4.79 Å². The first kappa shape index (κ1) is 14.9. The molecule has 1 amide bonds. The Bertz CT molecular complexity index is 230. The molecule has 0 aliphatic carbocycles. The Hall–Kier alpha value is -1.10. The number of carboxylic acids is 1. The van der Waals surface area contributed by atoms with Gasteiger partial charge in [0.25, 0.3) is 0 Å². The molecule has 0 aliphatic rings. The summed E-state index contributed by atoms with van der Waals surface area (Å²) in [5, 5.41) is 19.9. The van der Waals surface area contributed by atoms with Crippen LogP contribution in [-0.4, -0.2) is 34.7 Å². The van der Waals surface area contributed by atoms with Gasteiger partial charge in [0.2, 0.25) is 5.91 Å². The summed E-state index contributed by atoms with van der Waals surface area (Å²) >= 11 is 0. The Labute approximate surface area is 95.9 Å². The SMILES string of the molecule is CCCCC(CC)C(=O)NCC(O)C(=O)O. The van der Waals surface area contributed by atoms with E-state index in [0.717, 1.165) is 25.7 Å². The molecule has 0 bridgehead atoms. The van der Waals surface area contributed by atoms with E-state index in [1.165, 1.54) is 0 Å². The van der Waals surface area contributed by atoms with Gasteiger partial charge < -0.3 is 15.5 Å². The second kappa shape index (κ2) is 8.10. The number of hydrogen-bond acceptors (Lipinski definition) is 3. The van der Waals surface area contributed by atoms with Gasteiger partial charge in [0, 0.05) is 5.92 Å². The van der Waals surface area contributed by atoms with Crippen LogP contribution in [0, 0.1) is 5.92 Å². The highest BCUT2D eigenvalue weighted by Crippen LogP contribution is 2.12. The van der Waals surface area contributed by atoms with Gasteiger partial charge in [-0.1, -0.05) is 26.7 Å². The fraction of sp³-hybridized carbons (Fsp3) is 0.818. The summed E-state index contributed by atoms with van der Waals surface area (Å²) in [5.74, 6) is -1.57. The lowest BCUT2D eigenvalue weighted by Gasteiger charge is -2.15. The molecule has 94 valence electrons. The van der Waals surface area contributed by atoms with Crippen LogP contribution in [0.5, 0.6) is 0 Å². The standard InChI is InChI=1S/C11H21NO4/c1-3-5-6-8(4-2)10(14)12-7-9(13)11(15)16/h8-9,13H,3-7H2,1-2H3,(H,12,14)(H,15,16). The Kier molecular flexibility index (Phi) is 7.54. The average Bonchev–Trinajstić information content (AvgIpc) is 2.26. The minimum absolute atomic E-state index is 0.0825. The number of rotatable bonds is 8. The van der Waals surface area contributed by atoms with Gasteiger partial charge in [-0.3, -0.25) is 4.79 Å². The molecule has 16 heavy (non-hydrogen) atoms. The maximum Gasteiger partial charge on any atom is 0.334 e. The number of aliphatic hydroxyl groups is 1. The van der Waals surface area contributed by atoms with Gasteiger partial charge in [0.15, 0.2) is 6.10 Å². The summed E-state index contributed by atoms with van der Waals surface area (Å²) < 4.78 is 0. The van der Waals surface area contributed by atoms with Gasteiger partial charge >= 0.3 is 5.97 Å². The van der Waals surface area contributed by atoms with Gasteiger partial charge in [0.1, 0.15) is 0 Å². The highest BCUT2D eigenvalue weighted by molar-refractivity contribution is 5.79. The minimum atomic E-state index is -1.52. The van der Waals surface area contributed by atoms with E-state index in [1.54, 1.807) is 0 Å². The third kappa shape index (κ3) is 5.70. The lowest BCUT2D eigenvalue weighted by molar-refractivity contribution is -0.146. The summed E-state index contributed by atoms with van der Waals surface area (Å²) in [4.78, 5) is 21.9. The molecule has 0 rings (SSSR count). The third-order valence-electron chi connectivity index (χ3n) is 2.52. The minimum Gasteiger partial charge on any atom is -0.479 e. The summed E-state index contributed by atoms with van der Waals surface area (Å²) in [6, 6.07) is 0. The van der Waals surface area contributed by atoms with Crippen LogP contribution in [0.4, 0.5) is 0 Å². The van der Waals surface area contributed by atoms with E-state index < -0.39 is 12.1 Å². The van der Waals surface area contributed by atoms with E-state index >= 15 is 0 Å². The van der Waals surface area contributed by atoms with Crippen LogP contribution in [0.15, 0.2) is 0 Å². The van der Waals surface area contributed by atoms with Crippen LogP contribution < -0.4 is 5.32 Å². The van der Waals surface area contributed by atoms with E-state index in [1.807, 2.05) is 6.92 Å². The van der Waals surface area contributed by atoms with E-state index in [4.69, 9.17) is 10.2 Å². The number of unbranched alkanes of at least 4 members (excludes halogenated alkanes) is 1. The monoisotopic (exact) mass is 231 g/mol. The van der Waals surface area contributed by atoms with Crippen molar-refractivity contribution in [1.29, 1.82) is 0 Å². The predicted octanol–water partition coefficient (Wildman–Crippen LogP) is 0.764. The van der Waals surface area contributed by atoms with Crippen LogP contribution in [0.25, 0.3) is 0 Å². The number of carboxylic acid groups (broad SMARTS) is 1. The van der Waals surface area contributed by atoms with Crippen molar-refractivity contribution in [2.45, 2.75) is 45.6 Å². The number of amides is 1. The molecular weight excluding hydrogens is 210 g/mol. The third-order valence-corrected chi connectivity index (χ3v) is 2.52. The summed E-state index contributed by atoms with van der Waals surface area (Å²) in [5.41, 5.74) is 0. The Morgan fingerprint density at radius 2 is 1.94 bits per heavy atom. The molecule has 0 aromatic rings. The molecule has 2 atom stereocenters. The number of nitrogens with one attached hydrogen (secondary N) is 1. The maximum atomic E-state index is 11.6. The zero-order valence-corrected chi connectivity index (χ0v) is 9.90. The summed E-state index contributed by atoms with van der Waals surface area (Å²) in [6.07, 6.45) is 2.03. The number of aliphatic hydroxyl groups excluding tert-OH is 1. The van der Waals surface area contributed by atoms with E-state index in [2.05, 4.69) is 12.2 Å². The Morgan fingerprint density at radius 3 is 2.38 bits per heavy atom. The zero-order chi connectivity index (χ0) is 12.6. The van der Waals surface area contributed by atoms with Crippen LogP contribution in [-0.2, 0) is 9.59 Å². The van der Waals surface area contributed by atoms with Crippen molar-refractivity contribution in [3.63, 3.8) is 0 Å². The van der Waals surface area contributed by atoms with Gasteiger partial charge in [-0.05, 0) is 12.8 Å². The largest absolute Gasteiger partial charge is 0.479 e. The molecule has 0 fully saturated rings. The van der Waals surface area contributed by atoms with Crippen LogP contribution >= 0.6 is 0 Å². The molecule has 3 N–H and O–H groups in total. The van der Waals surface area contributed by atoms with Gasteiger partial charge in [0.05, 0.1) is 6.54 Å². The van der Waals surface area contributed by atoms with Crippen LogP contribution in [0.2, 0.25) is 0 Å². The second-order valence-corrected chi connectivity index (χ2v) is 3.85. The molecule has 2 unspecified atom stereocenters. The molecule has 0 aromatic carbocycles. The zero-order valence-electron chi connectivity index (χ0n) is 9.90. The fourth-order valence-corrected chi connectivity index (χ4v) is 1.40. The first-order valence-corrected chi connectivity index (χ1v) is 5.71. The molecule has 0 spiro atoms. The summed E-state index contributed by atoms with van der Waals surface area (Å²) in [6.45, 7) is 3.75. The first-order chi connectivity index (χ1) is 7.52. The Balaban J connectivity index is 3.96. The molecule has 0 aliphatic heterocycles. The quantitative estimate of drug-likeness (QED) is 0.575. The molecule has 0 saturated heterocycles. The first-order valence-electron chi connectivity index (χ1n) is 5.71. The number of aliphatic carboxylic acids is 1. The molecule has 0 saturated carbocycles. The van der Waals surface area contributed by atoms with Gasteiger partial charge in [-0.2, -0.15) is 0 Å². The lowest BCUT2D eigenvalue weighted by atomic mass is 9.98. The maximum absolute atomic E-state index is 11.6. The Morgan fingerprint density at radius 1 is 1.31 bits per heavy atom. The second-order valence-electron chi connectivity index (χ2n) is 3.85. The van der Waals surface area contributed by atoms with E-state index in [0.29, 0.717) is 0 Å². The molecule has 5 heteroatoms. The molecular formula is C11H21NO4. The van der Waals surface area contributed by atoms with Crippen molar-refractivity contribution in [1.82, 2.24) is 5.32 Å². The average molecular weight is 231 g/mol. The van der Waals surface area contributed by atoms with E-state index in [-0.39, 0.29) is 18.4 Å². The van der Waals surface area contributed by atoms with Crippen molar-refractivity contribution in [3.8, 4) is 0 Å².